The number of unbranched alkanes of at least 4 members (excludes halogenated alkanes) is 2. The Morgan fingerprint density at radius 2 is 1.58 bits per heavy atom. The Bertz CT molecular complexity index is 562. The monoisotopic (exact) mass is 464 g/mol. The summed E-state index contributed by atoms with van der Waals surface area (Å²) in [6.07, 6.45) is 11.2. The summed E-state index contributed by atoms with van der Waals surface area (Å²) in [5.74, 6) is 0.636. The van der Waals surface area contributed by atoms with Gasteiger partial charge in [-0.25, -0.2) is 5.20 Å². The largest absolute Gasteiger partial charge is 4.00 e. The SMILES string of the molecule is CCCCC[SiH](C1=[C-]CC=C1C(C)C)c1cc(C)cc(C)c1.[Cl-].[Cl-].[Cl-].[Ti+4]. The van der Waals surface area contributed by atoms with Gasteiger partial charge in [-0.2, -0.15) is 11.6 Å². The van der Waals surface area contributed by atoms with Gasteiger partial charge >= 0.3 is 21.7 Å². The molecule has 1 unspecified atom stereocenters. The Morgan fingerprint density at radius 3 is 2.08 bits per heavy atom. The maximum absolute atomic E-state index is 3.74. The van der Waals surface area contributed by atoms with Gasteiger partial charge in [0.15, 0.2) is 0 Å². The summed E-state index contributed by atoms with van der Waals surface area (Å²) in [5.41, 5.74) is 4.42. The molecule has 1 aromatic carbocycles. The van der Waals surface area contributed by atoms with E-state index >= 15 is 0 Å². The standard InChI is InChI=1S/C21H31Si.3ClH.Ti/c1-6-7-8-12-22(19-14-17(4)13-18(5)15-19)21-11-9-10-20(21)16(2)3;;;;/h10,13-16,22H,6-9,12H2,1-5H3;3*1H;/q-1;;;;+4/p-3. The first-order valence-electron chi connectivity index (χ1n) is 8.92. The van der Waals surface area contributed by atoms with Gasteiger partial charge in [0.1, 0.15) is 0 Å². The molecule has 1 atom stereocenters. The van der Waals surface area contributed by atoms with E-state index in [9.17, 15) is 0 Å². The maximum atomic E-state index is 3.74. The molecule has 1 aliphatic rings. The molecule has 0 saturated heterocycles. The van der Waals surface area contributed by atoms with Crippen molar-refractivity contribution in [3.63, 3.8) is 0 Å². The van der Waals surface area contributed by atoms with Crippen LogP contribution in [0.5, 0.6) is 0 Å². The van der Waals surface area contributed by atoms with Crippen molar-refractivity contribution in [2.75, 3.05) is 0 Å². The van der Waals surface area contributed by atoms with E-state index in [4.69, 9.17) is 0 Å². The molecular weight excluding hydrogens is 435 g/mol. The fraction of sp³-hybridized carbons (Fsp3) is 0.524. The summed E-state index contributed by atoms with van der Waals surface area (Å²) in [7, 11) is -1.11. The zero-order valence-corrected chi connectivity index (χ0v) is 21.6. The van der Waals surface area contributed by atoms with Gasteiger partial charge < -0.3 is 37.2 Å². The average molecular weight is 466 g/mol. The fourth-order valence-corrected chi connectivity index (χ4v) is 7.44. The van der Waals surface area contributed by atoms with E-state index in [0.29, 0.717) is 5.92 Å². The van der Waals surface area contributed by atoms with Crippen molar-refractivity contribution >= 4 is 14.0 Å². The van der Waals surface area contributed by atoms with E-state index in [1.165, 1.54) is 36.4 Å². The van der Waals surface area contributed by atoms with Crippen molar-refractivity contribution in [3.8, 4) is 0 Å². The second kappa shape index (κ2) is 15.4. The third-order valence-electron chi connectivity index (χ3n) is 4.64. The minimum Gasteiger partial charge on any atom is -1.00 e. The number of hydrogen-bond donors (Lipinski definition) is 0. The van der Waals surface area contributed by atoms with Gasteiger partial charge in [0.25, 0.3) is 0 Å². The summed E-state index contributed by atoms with van der Waals surface area (Å²) >= 11 is 0. The Labute approximate surface area is 196 Å². The van der Waals surface area contributed by atoms with Crippen molar-refractivity contribution in [2.45, 2.75) is 66.3 Å². The zero-order valence-electron chi connectivity index (χ0n) is 16.6. The number of allylic oxidation sites excluding steroid dienone is 4. The normalized spacial score (nSPS) is 13.5. The molecule has 0 heterocycles. The Morgan fingerprint density at radius 1 is 1.00 bits per heavy atom. The van der Waals surface area contributed by atoms with E-state index in [2.05, 4.69) is 65.0 Å². The molecule has 0 fully saturated rings. The van der Waals surface area contributed by atoms with Gasteiger partial charge in [-0.1, -0.05) is 86.5 Å². The van der Waals surface area contributed by atoms with Crippen molar-refractivity contribution in [1.29, 1.82) is 0 Å². The molecule has 5 heteroatoms. The molecular formula is C21H31Cl3SiTi. The van der Waals surface area contributed by atoms with Crippen LogP contribution in [0.4, 0.5) is 0 Å². The molecule has 0 nitrogen and oxygen atoms in total. The van der Waals surface area contributed by atoms with Crippen LogP contribution in [0.2, 0.25) is 6.04 Å². The minimum atomic E-state index is -1.11. The quantitative estimate of drug-likeness (QED) is 0.220. The van der Waals surface area contributed by atoms with Gasteiger partial charge in [-0.3, -0.25) is 6.08 Å². The summed E-state index contributed by atoms with van der Waals surface area (Å²) in [4.78, 5) is 0. The minimum absolute atomic E-state index is 0. The number of benzene rings is 1. The Balaban J connectivity index is -0.00000132. The van der Waals surface area contributed by atoms with Crippen molar-refractivity contribution in [3.05, 3.63) is 52.2 Å². The molecule has 0 spiro atoms. The van der Waals surface area contributed by atoms with E-state index in [-0.39, 0.29) is 58.9 Å². The van der Waals surface area contributed by atoms with E-state index in [1.54, 1.807) is 16.0 Å². The summed E-state index contributed by atoms with van der Waals surface area (Å²) < 4.78 is 0. The van der Waals surface area contributed by atoms with E-state index < -0.39 is 8.80 Å². The van der Waals surface area contributed by atoms with Crippen LogP contribution in [-0.4, -0.2) is 8.80 Å². The van der Waals surface area contributed by atoms with Crippen molar-refractivity contribution in [1.82, 2.24) is 0 Å². The van der Waals surface area contributed by atoms with Gasteiger partial charge in [0.2, 0.25) is 0 Å². The van der Waals surface area contributed by atoms with Gasteiger partial charge in [-0.15, -0.1) is 6.42 Å². The molecule has 1 aromatic rings. The molecule has 144 valence electrons. The van der Waals surface area contributed by atoms with Crippen LogP contribution < -0.4 is 42.4 Å². The first-order valence-corrected chi connectivity index (χ1v) is 10.9. The smallest absolute Gasteiger partial charge is 1.00 e. The average Bonchev–Trinajstić information content (AvgIpc) is 2.91. The van der Waals surface area contributed by atoms with E-state index in [1.807, 2.05) is 0 Å². The van der Waals surface area contributed by atoms with E-state index in [0.717, 1.165) is 6.42 Å². The predicted octanol–water partition coefficient (Wildman–Crippen LogP) is -3.81. The Kier molecular flexibility index (Phi) is 18.5. The van der Waals surface area contributed by atoms with Crippen LogP contribution in [0.3, 0.4) is 0 Å². The summed E-state index contributed by atoms with van der Waals surface area (Å²) in [6.45, 7) is 11.4. The van der Waals surface area contributed by atoms with Gasteiger partial charge in [-0.05, 0) is 13.8 Å². The van der Waals surface area contributed by atoms with Crippen LogP contribution >= 0.6 is 0 Å². The van der Waals surface area contributed by atoms with Crippen LogP contribution in [0.15, 0.2) is 35.0 Å². The topological polar surface area (TPSA) is 0 Å². The summed E-state index contributed by atoms with van der Waals surface area (Å²) in [6, 6.07) is 8.58. The number of rotatable bonds is 7. The van der Waals surface area contributed by atoms with Gasteiger partial charge in [0, 0.05) is 0 Å². The van der Waals surface area contributed by atoms with Crippen LogP contribution in [0.1, 0.15) is 57.6 Å². The Hall–Kier alpha value is 0.501. The van der Waals surface area contributed by atoms with Crippen LogP contribution in [-0.2, 0) is 21.7 Å². The molecule has 0 N–H and O–H groups in total. The molecule has 1 aliphatic carbocycles. The fourth-order valence-electron chi connectivity index (χ4n) is 3.64. The molecule has 0 aliphatic heterocycles. The van der Waals surface area contributed by atoms with Gasteiger partial charge in [0.05, 0.1) is 8.80 Å². The second-order valence-electron chi connectivity index (χ2n) is 7.08. The second-order valence-corrected chi connectivity index (χ2v) is 10.0. The predicted molar refractivity (Wildman–Crippen MR) is 101 cm³/mol. The van der Waals surface area contributed by atoms with Crippen LogP contribution in [0.25, 0.3) is 0 Å². The molecule has 0 radical (unpaired) electrons. The summed E-state index contributed by atoms with van der Waals surface area (Å²) in [5, 5.41) is 3.25. The molecule has 0 saturated carbocycles. The molecule has 26 heavy (non-hydrogen) atoms. The number of halogens is 3. The molecule has 0 amide bonds. The third-order valence-corrected chi connectivity index (χ3v) is 8.00. The zero-order chi connectivity index (χ0) is 16.1. The maximum Gasteiger partial charge on any atom is 4.00 e. The third kappa shape index (κ3) is 8.67. The van der Waals surface area contributed by atoms with Crippen molar-refractivity contribution < 1.29 is 58.9 Å². The first-order chi connectivity index (χ1) is 10.5. The van der Waals surface area contributed by atoms with Crippen molar-refractivity contribution in [2.24, 2.45) is 5.92 Å². The van der Waals surface area contributed by atoms with Crippen LogP contribution in [0, 0.1) is 25.8 Å². The number of hydrogen-bond acceptors (Lipinski definition) is 0. The number of aryl methyl sites for hydroxylation is 2. The molecule has 0 bridgehead atoms. The first kappa shape index (κ1) is 31.2. The molecule has 2 rings (SSSR count). The molecule has 0 aromatic heterocycles.